The number of methoxy groups -OCH3 is 1. The van der Waals surface area contributed by atoms with Crippen LogP contribution in [0.15, 0.2) is 82.0 Å². The number of halogens is 15. The zero-order valence-corrected chi connectivity index (χ0v) is 58.9. The molecule has 9 aromatic rings. The van der Waals surface area contributed by atoms with Crippen molar-refractivity contribution < 1.29 is 92.4 Å². The van der Waals surface area contributed by atoms with Gasteiger partial charge < -0.3 is 35.7 Å². The number of alkyl halides is 6. The van der Waals surface area contributed by atoms with Gasteiger partial charge in [0.2, 0.25) is 15.9 Å². The number of nitrogen functional groups attached to an aromatic ring is 1. The Kier molecular flexibility index (Phi) is 33.4. The quantitative estimate of drug-likeness (QED) is 0.0181. The molecule has 0 radical (unpaired) electrons. The third kappa shape index (κ3) is 23.7. The molecule has 0 unspecified atom stereocenters. The number of hydrogen-bond acceptors (Lipinski definition) is 15. The number of likely N-dealkylation sites (N-methyl/N-ethyl adjacent to an activating group) is 2. The summed E-state index contributed by atoms with van der Waals surface area (Å²) in [6.45, 7) is 11.2. The van der Waals surface area contributed by atoms with Gasteiger partial charge in [-0.15, -0.1) is 0 Å². The Morgan fingerprint density at radius 1 is 0.670 bits per heavy atom. The zero-order valence-electron chi connectivity index (χ0n) is 53.7. The Morgan fingerprint density at radius 3 is 1.52 bits per heavy atom. The summed E-state index contributed by atoms with van der Waals surface area (Å²) in [4.78, 5) is 41.5. The molecule has 494 valence electrons. The minimum absolute atomic E-state index is 0. The molecule has 0 atom stereocenters. The first-order valence-electron chi connectivity index (χ1n) is 27.4. The molecule has 9 rings (SSSR count). The molecule has 0 bridgehead atoms. The number of hydrogen-bond donors (Lipinski definition) is 1. The van der Waals surface area contributed by atoms with Gasteiger partial charge in [-0.1, -0.05) is 43.5 Å². The van der Waals surface area contributed by atoms with Gasteiger partial charge in [-0.3, -0.25) is 28.0 Å². The van der Waals surface area contributed by atoms with Crippen molar-refractivity contribution in [2.75, 3.05) is 79.5 Å². The summed E-state index contributed by atoms with van der Waals surface area (Å²) >= 11 is 28.9. The molecule has 0 amide bonds. The van der Waals surface area contributed by atoms with Crippen molar-refractivity contribution in [3.63, 3.8) is 0 Å². The number of aromatic nitrogens is 10. The molecule has 91 heavy (non-hydrogen) atoms. The third-order valence-corrected chi connectivity index (χ3v) is 13.4. The number of nitro benzene ring substituents is 1. The maximum absolute atomic E-state index is 14.5. The largest absolute Gasteiger partial charge is 1.00 e. The Balaban J connectivity index is 0.000000588. The van der Waals surface area contributed by atoms with E-state index >= 15 is 0 Å². The predicted molar refractivity (Wildman–Crippen MR) is 343 cm³/mol. The van der Waals surface area contributed by atoms with Crippen LogP contribution in [0.2, 0.25) is 21.0 Å². The maximum atomic E-state index is 14.5. The third-order valence-electron chi connectivity index (χ3n) is 11.6. The zero-order chi connectivity index (χ0) is 69.4. The predicted octanol–water partition coefficient (Wildman–Crippen LogP) is 14.1. The number of fused-ring (bicyclic) bond motifs is 3. The van der Waals surface area contributed by atoms with Crippen LogP contribution < -0.4 is 54.4 Å². The van der Waals surface area contributed by atoms with Crippen molar-refractivity contribution in [1.82, 2.24) is 53.5 Å². The molecule has 0 aliphatic carbocycles. The second-order valence-corrected chi connectivity index (χ2v) is 22.5. The van der Waals surface area contributed by atoms with Crippen molar-refractivity contribution in [2.24, 2.45) is 0 Å². The SMILES string of the molecule is CC(C)n1c(Cl)nc2c(F)cc(Br)cc21.CC(C)n1c(OCC(F)F)nc2c(F)cc(-c3ccnc(Cl)n3)cc21.CC(C)n1c(OCC(F)F)nc2c(F)cc(Br)cc21.COc1cc(N(C)CCN(C)C)c([N+](=O)[O-])cc1N.Clc1ccnc(Cl)n1.[2H]CF.[2H]CF.[H-].[Na+]. The van der Waals surface area contributed by atoms with Crippen LogP contribution in [-0.4, -0.2) is 140 Å². The number of rotatable bonds is 16. The second kappa shape index (κ2) is 39.1. The molecule has 0 saturated heterocycles. The first-order chi connectivity index (χ1) is 43.2. The van der Waals surface area contributed by atoms with Crippen molar-refractivity contribution in [1.29, 1.82) is 0 Å². The fraction of sp³-hybridized carbons (Fsp3) is 0.375. The molecule has 5 aromatic heterocycles. The topological polar surface area (TPSA) is 208 Å². The Bertz CT molecular complexity index is 3830. The van der Waals surface area contributed by atoms with E-state index in [4.69, 9.17) is 69.1 Å². The Labute approximate surface area is 581 Å². The number of imidazole rings is 3. The minimum atomic E-state index is -2.65. The number of anilines is 2. The normalized spacial score (nSPS) is 11.0. The van der Waals surface area contributed by atoms with Gasteiger partial charge >= 0.3 is 29.6 Å². The van der Waals surface area contributed by atoms with E-state index in [1.807, 2.05) is 78.6 Å². The van der Waals surface area contributed by atoms with Gasteiger partial charge in [-0.2, -0.15) is 9.97 Å². The van der Waals surface area contributed by atoms with Gasteiger partial charge in [0.1, 0.15) is 33.1 Å². The summed E-state index contributed by atoms with van der Waals surface area (Å²) in [6, 6.07) is 15.0. The van der Waals surface area contributed by atoms with Crippen LogP contribution >= 0.6 is 78.3 Å². The number of ether oxygens (including phenoxy) is 3. The Hall–Kier alpha value is -5.70. The van der Waals surface area contributed by atoms with Gasteiger partial charge in [0.05, 0.1) is 57.0 Å². The first-order valence-corrected chi connectivity index (χ1v) is 29.1. The van der Waals surface area contributed by atoms with Crippen LogP contribution in [0.3, 0.4) is 0 Å². The van der Waals surface area contributed by atoms with E-state index in [0.717, 1.165) is 6.54 Å². The molecule has 5 heterocycles. The first kappa shape index (κ1) is 77.7. The van der Waals surface area contributed by atoms with E-state index in [0.29, 0.717) is 70.7 Å². The molecule has 0 spiro atoms. The van der Waals surface area contributed by atoms with E-state index < -0.39 is 56.9 Å². The molecular formula is C56H64Br2Cl4F9N14NaO5. The van der Waals surface area contributed by atoms with E-state index in [1.54, 1.807) is 44.0 Å². The molecule has 2 N–H and O–H groups in total. The number of benzene rings is 4. The molecule has 0 saturated carbocycles. The van der Waals surface area contributed by atoms with E-state index in [1.165, 1.54) is 43.8 Å². The van der Waals surface area contributed by atoms with Crippen LogP contribution in [0.5, 0.6) is 17.8 Å². The van der Waals surface area contributed by atoms with Crippen LogP contribution in [-0.2, 0) is 0 Å². The maximum Gasteiger partial charge on any atom is 1.00 e. The number of nitrogens with zero attached hydrogens (tertiary/aromatic N) is 13. The van der Waals surface area contributed by atoms with Crippen LogP contribution in [0.1, 0.15) is 63.8 Å². The number of nitrogens with two attached hydrogens (primary N) is 1. The van der Waals surface area contributed by atoms with Crippen LogP contribution in [0.4, 0.5) is 56.6 Å². The van der Waals surface area contributed by atoms with Crippen molar-refractivity contribution >= 4 is 128 Å². The smallest absolute Gasteiger partial charge is 1.00 e. The van der Waals surface area contributed by atoms with Crippen molar-refractivity contribution in [3.05, 3.63) is 131 Å². The van der Waals surface area contributed by atoms with Gasteiger partial charge in [0.15, 0.2) is 30.7 Å². The monoisotopic (exact) mass is 1510 g/mol. The number of nitro groups is 1. The standard InChI is InChI=1S/C16H14ClF3N4O.C12H12BrF3N2O.C12H20N4O3.C10H9BrClFN2.C4H2Cl2N2.2CH3F.Na.H/c1-8(2)24-12-6-9(11-3-4-21-15(17)22-11)5-10(18)14(12)23-16(24)25-7-13(19)20;1-6(2)18-9-4-7(13)3-8(14)11(9)17-12(18)19-5-10(15)16;1-14(2)5-6-15(3)10-8-12(19-4)9(13)7-11(10)16(17)18;1-5(2)15-8-4-6(11)3-7(13)9(8)14-10(15)12;5-3-1-2-7-4(6)8-3;2*1-2;;/h3-6,8,13H,7H2,1-2H3;3-4,6,10H,5H2,1-2H3;7-8H,5-6,13H2,1-4H3;3-5H,1-2H3;1-2H;2*1H3;;/q;;;;;;;+1;-1/i;;;;;2*1D;;. The molecule has 4 aromatic carbocycles. The average Bonchev–Trinajstić information content (AvgIpc) is 1.64. The van der Waals surface area contributed by atoms with Crippen molar-refractivity contribution in [2.45, 2.75) is 72.5 Å². The van der Waals surface area contributed by atoms with Gasteiger partial charge in [-0.25, -0.2) is 55.7 Å². The summed E-state index contributed by atoms with van der Waals surface area (Å²) in [5, 5.41) is 12.0. The van der Waals surface area contributed by atoms with Gasteiger partial charge in [0.25, 0.3) is 30.6 Å². The van der Waals surface area contributed by atoms with Crippen LogP contribution in [0.25, 0.3) is 44.4 Å². The molecule has 0 aliphatic heterocycles. The molecule has 19 nitrogen and oxygen atoms in total. The molecule has 0 aliphatic rings. The average molecular weight is 1510 g/mol. The van der Waals surface area contributed by atoms with Crippen molar-refractivity contribution in [3.8, 4) is 29.0 Å². The fourth-order valence-corrected chi connectivity index (χ4v) is 9.60. The minimum Gasteiger partial charge on any atom is -1.00 e. The van der Waals surface area contributed by atoms with Gasteiger partial charge in [0, 0.05) is 77.3 Å². The van der Waals surface area contributed by atoms with E-state index in [-0.39, 0.29) is 99.9 Å². The summed E-state index contributed by atoms with van der Waals surface area (Å²) in [7, 11) is 5.19. The summed E-state index contributed by atoms with van der Waals surface area (Å²) in [5.41, 5.74) is 9.47. The second-order valence-electron chi connectivity index (χ2n) is 19.2. The summed E-state index contributed by atoms with van der Waals surface area (Å²) in [6.07, 6.45) is -2.29. The molecule has 0 fully saturated rings. The van der Waals surface area contributed by atoms with Gasteiger partial charge in [-0.05, 0) is 139 Å². The van der Waals surface area contributed by atoms with Crippen LogP contribution in [0, 0.1) is 27.6 Å². The fourth-order valence-electron chi connectivity index (χ4n) is 7.92. The van der Waals surface area contributed by atoms with E-state index in [9.17, 15) is 49.6 Å². The summed E-state index contributed by atoms with van der Waals surface area (Å²) in [5.74, 6) is -1.05. The molecule has 35 heteroatoms. The van der Waals surface area contributed by atoms with E-state index in [2.05, 4.69) is 66.7 Å². The molecular weight excluding hydrogens is 1440 g/mol. The Morgan fingerprint density at radius 2 is 1.11 bits per heavy atom. The summed E-state index contributed by atoms with van der Waals surface area (Å²) < 4.78 is 143.